The number of esters is 2. The van der Waals surface area contributed by atoms with Crippen molar-refractivity contribution in [3.8, 4) is 0 Å². The fourth-order valence-corrected chi connectivity index (χ4v) is 4.02. The third-order valence-electron chi connectivity index (χ3n) is 5.27. The van der Waals surface area contributed by atoms with Gasteiger partial charge in [-0.3, -0.25) is 14.4 Å². The maximum absolute atomic E-state index is 13.0. The van der Waals surface area contributed by atoms with E-state index in [9.17, 15) is 19.5 Å². The number of nitrogens with zero attached hydrogens (tertiary/aromatic N) is 1. The average molecular weight is 420 g/mol. The van der Waals surface area contributed by atoms with E-state index in [1.165, 1.54) is 6.92 Å². The van der Waals surface area contributed by atoms with Crippen LogP contribution in [0.2, 0.25) is 0 Å². The van der Waals surface area contributed by atoms with E-state index in [4.69, 9.17) is 9.47 Å². The lowest BCUT2D eigenvalue weighted by Gasteiger charge is -2.44. The molecule has 0 heterocycles. The standard InChI is InChI=1S/C23H33NO6/c1-13(2)29-21(26)19-17(25)12-23(5,28)20(22(27)30-14(3)4)18(19)15-8-10-16(11-9-15)24(6)7/h8-11,13-14,18-20,28H,12H2,1-7H3/t18-,19-,20+,23-/m1/s1. The zero-order chi connectivity index (χ0) is 22.8. The van der Waals surface area contributed by atoms with Crippen LogP contribution in [0.25, 0.3) is 0 Å². The van der Waals surface area contributed by atoms with Crippen LogP contribution < -0.4 is 4.90 Å². The Morgan fingerprint density at radius 3 is 2.00 bits per heavy atom. The number of benzene rings is 1. The second kappa shape index (κ2) is 9.16. The Bertz CT molecular complexity index is 773. The van der Waals surface area contributed by atoms with Crippen molar-refractivity contribution < 1.29 is 29.0 Å². The minimum atomic E-state index is -1.65. The Hall–Kier alpha value is -2.41. The van der Waals surface area contributed by atoms with Crippen LogP contribution >= 0.6 is 0 Å². The summed E-state index contributed by atoms with van der Waals surface area (Å²) in [6.07, 6.45) is -1.14. The number of carbonyl (C=O) groups is 3. The topological polar surface area (TPSA) is 93.1 Å². The Morgan fingerprint density at radius 2 is 1.53 bits per heavy atom. The first-order valence-corrected chi connectivity index (χ1v) is 10.3. The Labute approximate surface area is 178 Å². The van der Waals surface area contributed by atoms with Crippen molar-refractivity contribution in [3.63, 3.8) is 0 Å². The molecule has 0 bridgehead atoms. The molecule has 1 aromatic rings. The van der Waals surface area contributed by atoms with Gasteiger partial charge in [0.05, 0.1) is 23.7 Å². The molecule has 1 aromatic carbocycles. The molecule has 166 valence electrons. The van der Waals surface area contributed by atoms with E-state index in [1.807, 2.05) is 31.1 Å². The van der Waals surface area contributed by atoms with Gasteiger partial charge in [-0.1, -0.05) is 12.1 Å². The zero-order valence-corrected chi connectivity index (χ0v) is 18.8. The van der Waals surface area contributed by atoms with E-state index >= 15 is 0 Å². The summed E-state index contributed by atoms with van der Waals surface area (Å²) in [5.41, 5.74) is -0.122. The number of hydrogen-bond donors (Lipinski definition) is 1. The van der Waals surface area contributed by atoms with E-state index in [0.717, 1.165) is 5.69 Å². The molecule has 1 N–H and O–H groups in total. The SMILES string of the molecule is CC(C)OC(=O)[C@@H]1C(=O)C[C@@](C)(O)[C@H](C(=O)OC(C)C)[C@@H]1c1ccc(N(C)C)cc1. The van der Waals surface area contributed by atoms with E-state index < -0.39 is 53.3 Å². The molecule has 0 amide bonds. The molecular weight excluding hydrogens is 386 g/mol. The number of rotatable bonds is 6. The largest absolute Gasteiger partial charge is 0.463 e. The first-order chi connectivity index (χ1) is 13.8. The molecule has 1 fully saturated rings. The molecule has 1 aliphatic rings. The molecule has 4 atom stereocenters. The minimum absolute atomic E-state index is 0.324. The molecule has 0 saturated heterocycles. The molecule has 0 aromatic heterocycles. The first kappa shape index (κ1) is 23.9. The van der Waals surface area contributed by atoms with Gasteiger partial charge in [0, 0.05) is 32.1 Å². The normalized spacial score (nSPS) is 26.6. The van der Waals surface area contributed by atoms with Crippen LogP contribution in [-0.2, 0) is 23.9 Å². The smallest absolute Gasteiger partial charge is 0.317 e. The number of ether oxygens (including phenoxy) is 2. The summed E-state index contributed by atoms with van der Waals surface area (Å²) in [6, 6.07) is 7.25. The van der Waals surface area contributed by atoms with Gasteiger partial charge in [0.25, 0.3) is 0 Å². The maximum Gasteiger partial charge on any atom is 0.317 e. The second-order valence-corrected chi connectivity index (χ2v) is 8.94. The predicted octanol–water partition coefficient (Wildman–Crippen LogP) is 2.70. The lowest BCUT2D eigenvalue weighted by atomic mass is 9.61. The van der Waals surface area contributed by atoms with Crippen molar-refractivity contribution in [2.75, 3.05) is 19.0 Å². The molecule has 1 saturated carbocycles. The summed E-state index contributed by atoms with van der Waals surface area (Å²) in [5, 5.41) is 11.1. The number of hydrogen-bond acceptors (Lipinski definition) is 7. The fraction of sp³-hybridized carbons (Fsp3) is 0.609. The number of carbonyl (C=O) groups excluding carboxylic acids is 3. The van der Waals surface area contributed by atoms with Crippen LogP contribution in [0, 0.1) is 11.8 Å². The highest BCUT2D eigenvalue weighted by atomic mass is 16.5. The molecule has 1 aliphatic carbocycles. The summed E-state index contributed by atoms with van der Waals surface area (Å²) >= 11 is 0. The van der Waals surface area contributed by atoms with E-state index in [-0.39, 0.29) is 6.42 Å². The van der Waals surface area contributed by atoms with Crippen LogP contribution in [0.3, 0.4) is 0 Å². The Morgan fingerprint density at radius 1 is 1.03 bits per heavy atom. The highest BCUT2D eigenvalue weighted by Gasteiger charge is 2.57. The highest BCUT2D eigenvalue weighted by molar-refractivity contribution is 6.02. The monoisotopic (exact) mass is 419 g/mol. The summed E-state index contributed by atoms with van der Waals surface area (Å²) in [5.74, 6) is -4.94. The van der Waals surface area contributed by atoms with Gasteiger partial charge in [-0.2, -0.15) is 0 Å². The van der Waals surface area contributed by atoms with Crippen LogP contribution in [0.15, 0.2) is 24.3 Å². The number of aliphatic hydroxyl groups is 1. The summed E-state index contributed by atoms with van der Waals surface area (Å²) in [7, 11) is 3.80. The van der Waals surface area contributed by atoms with Gasteiger partial charge < -0.3 is 19.5 Å². The average Bonchev–Trinajstić information content (AvgIpc) is 2.58. The highest BCUT2D eigenvalue weighted by Crippen LogP contribution is 2.47. The van der Waals surface area contributed by atoms with Crippen molar-refractivity contribution in [1.29, 1.82) is 0 Å². The molecule has 0 aliphatic heterocycles. The summed E-state index contributed by atoms with van der Waals surface area (Å²) < 4.78 is 10.8. The quantitative estimate of drug-likeness (QED) is 0.560. The molecule has 0 spiro atoms. The van der Waals surface area contributed by atoms with Crippen molar-refractivity contribution in [2.45, 2.75) is 64.8 Å². The van der Waals surface area contributed by atoms with Crippen LogP contribution in [0.1, 0.15) is 52.5 Å². The molecule has 0 unspecified atom stereocenters. The lowest BCUT2D eigenvalue weighted by Crippen LogP contribution is -2.55. The van der Waals surface area contributed by atoms with Gasteiger partial charge >= 0.3 is 11.9 Å². The van der Waals surface area contributed by atoms with Crippen LogP contribution in [-0.4, -0.2) is 54.7 Å². The molecule has 7 nitrogen and oxygen atoms in total. The third-order valence-corrected chi connectivity index (χ3v) is 5.27. The molecule has 30 heavy (non-hydrogen) atoms. The number of anilines is 1. The summed E-state index contributed by atoms with van der Waals surface area (Å²) in [4.78, 5) is 40.8. The van der Waals surface area contributed by atoms with Crippen LogP contribution in [0.4, 0.5) is 5.69 Å². The third kappa shape index (κ3) is 5.19. The van der Waals surface area contributed by atoms with Gasteiger partial charge in [0.2, 0.25) is 0 Å². The predicted molar refractivity (Wildman–Crippen MR) is 113 cm³/mol. The van der Waals surface area contributed by atoms with Crippen LogP contribution in [0.5, 0.6) is 0 Å². The summed E-state index contributed by atoms with van der Waals surface area (Å²) in [6.45, 7) is 8.28. The van der Waals surface area contributed by atoms with E-state index in [2.05, 4.69) is 0 Å². The number of ketones is 1. The van der Waals surface area contributed by atoms with Crippen molar-refractivity contribution in [3.05, 3.63) is 29.8 Å². The van der Waals surface area contributed by atoms with Crippen molar-refractivity contribution in [1.82, 2.24) is 0 Å². The molecule has 7 heteroatoms. The zero-order valence-electron chi connectivity index (χ0n) is 18.8. The molecule has 0 radical (unpaired) electrons. The number of Topliss-reactive ketones (excluding diaryl/α,β-unsaturated/α-hetero) is 1. The second-order valence-electron chi connectivity index (χ2n) is 8.94. The molecule has 2 rings (SSSR count). The lowest BCUT2D eigenvalue weighted by molar-refractivity contribution is -0.176. The Kier molecular flexibility index (Phi) is 7.29. The molecular formula is C23H33NO6. The Balaban J connectivity index is 2.61. The van der Waals surface area contributed by atoms with Gasteiger partial charge in [-0.25, -0.2) is 0 Å². The van der Waals surface area contributed by atoms with Crippen molar-refractivity contribution >= 4 is 23.4 Å². The minimum Gasteiger partial charge on any atom is -0.463 e. The van der Waals surface area contributed by atoms with Gasteiger partial charge in [-0.15, -0.1) is 0 Å². The van der Waals surface area contributed by atoms with Gasteiger partial charge in [0.1, 0.15) is 5.92 Å². The first-order valence-electron chi connectivity index (χ1n) is 10.3. The van der Waals surface area contributed by atoms with E-state index in [1.54, 1.807) is 39.8 Å². The van der Waals surface area contributed by atoms with Crippen molar-refractivity contribution in [2.24, 2.45) is 11.8 Å². The van der Waals surface area contributed by atoms with E-state index in [0.29, 0.717) is 5.56 Å². The van der Waals surface area contributed by atoms with Gasteiger partial charge in [-0.05, 0) is 52.3 Å². The van der Waals surface area contributed by atoms with Gasteiger partial charge in [0.15, 0.2) is 5.78 Å². The maximum atomic E-state index is 13.0. The fourth-order valence-electron chi connectivity index (χ4n) is 4.02.